The maximum absolute atomic E-state index is 13.2. The summed E-state index contributed by atoms with van der Waals surface area (Å²) >= 11 is 0. The fourth-order valence-electron chi connectivity index (χ4n) is 2.69. The Labute approximate surface area is 145 Å². The van der Waals surface area contributed by atoms with Crippen LogP contribution in [-0.4, -0.2) is 17.1 Å². The van der Waals surface area contributed by atoms with Crippen molar-refractivity contribution in [1.29, 1.82) is 0 Å². The summed E-state index contributed by atoms with van der Waals surface area (Å²) in [5.74, 6) is 0.363. The molecule has 0 aliphatic rings. The zero-order valence-electron chi connectivity index (χ0n) is 13.4. The molecule has 0 bridgehead atoms. The van der Waals surface area contributed by atoms with Gasteiger partial charge < -0.3 is 5.11 Å². The van der Waals surface area contributed by atoms with Crippen molar-refractivity contribution >= 4 is 16.7 Å². The third-order valence-electron chi connectivity index (χ3n) is 3.96. The molecule has 2 unspecified atom stereocenters. The Bertz CT molecular complexity index is 798. The smallest absolute Gasteiger partial charge is 0.220 e. The third kappa shape index (κ3) is 3.52. The largest absolute Gasteiger partial charge is 0.508 e. The predicted octanol–water partition coefficient (Wildman–Crippen LogP) is 4.62. The number of aromatic hydroxyl groups is 1. The Balaban J connectivity index is 2.02. The lowest BCUT2D eigenvalue weighted by Gasteiger charge is -2.16. The Morgan fingerprint density at radius 1 is 0.833 bits per heavy atom. The van der Waals surface area contributed by atoms with Crippen LogP contribution in [0.4, 0.5) is 0 Å². The molecule has 0 amide bonds. The first kappa shape index (κ1) is 16.3. The number of benzene rings is 3. The quantitative estimate of drug-likeness (QED) is 0.545. The first-order valence-corrected chi connectivity index (χ1v) is 9.44. The number of hydrogen-bond donors (Lipinski definition) is 1. The zero-order valence-corrected chi connectivity index (χ0v) is 14.2. The van der Waals surface area contributed by atoms with Crippen molar-refractivity contribution in [2.75, 3.05) is 6.26 Å². The molecule has 0 radical (unpaired) electrons. The molecule has 0 saturated carbocycles. The van der Waals surface area contributed by atoms with Crippen LogP contribution >= 0.6 is 0 Å². The van der Waals surface area contributed by atoms with Crippen molar-refractivity contribution in [3.63, 3.8) is 0 Å². The molecule has 2 nitrogen and oxygen atoms in total. The van der Waals surface area contributed by atoms with E-state index in [0.29, 0.717) is 0 Å². The van der Waals surface area contributed by atoms with Gasteiger partial charge in [0.05, 0.1) is 0 Å². The van der Waals surface area contributed by atoms with Gasteiger partial charge in [-0.25, -0.2) is 0 Å². The van der Waals surface area contributed by atoms with Gasteiger partial charge in [-0.1, -0.05) is 60.7 Å². The molecule has 0 aliphatic carbocycles. The van der Waals surface area contributed by atoms with Gasteiger partial charge in [0.2, 0.25) is 11.0 Å². The van der Waals surface area contributed by atoms with Crippen molar-refractivity contribution in [3.8, 4) is 5.75 Å². The maximum Gasteiger partial charge on any atom is 0.220 e. The van der Waals surface area contributed by atoms with E-state index < -0.39 is 0 Å². The number of ketones is 1. The minimum Gasteiger partial charge on any atom is -0.508 e. The predicted molar refractivity (Wildman–Crippen MR) is 99.6 cm³/mol. The van der Waals surface area contributed by atoms with Gasteiger partial charge in [0, 0.05) is 22.0 Å². The number of hydrogen-bond acceptors (Lipinski definition) is 2. The number of phenolic OH excluding ortho intramolecular Hbond substituents is 1. The van der Waals surface area contributed by atoms with Crippen LogP contribution in [0.5, 0.6) is 5.75 Å². The highest BCUT2D eigenvalue weighted by Gasteiger charge is 2.37. The van der Waals surface area contributed by atoms with E-state index in [9.17, 15) is 9.90 Å². The molecule has 0 aliphatic heterocycles. The van der Waals surface area contributed by atoms with Crippen LogP contribution in [0.15, 0.2) is 89.8 Å². The van der Waals surface area contributed by atoms with E-state index in [4.69, 9.17) is 0 Å². The summed E-state index contributed by atoms with van der Waals surface area (Å²) in [5.41, 5.74) is 1.75. The van der Waals surface area contributed by atoms with Crippen molar-refractivity contribution in [2.45, 2.75) is 10.1 Å². The van der Waals surface area contributed by atoms with Gasteiger partial charge in [0.25, 0.3) is 0 Å². The normalized spacial score (nSPS) is 13.2. The van der Waals surface area contributed by atoms with Crippen LogP contribution < -0.4 is 0 Å². The summed E-state index contributed by atoms with van der Waals surface area (Å²) in [6.07, 6.45) is 2.09. The summed E-state index contributed by atoms with van der Waals surface area (Å²) in [5, 5.41) is 9.28. The topological polar surface area (TPSA) is 37.3 Å². The van der Waals surface area contributed by atoms with Crippen molar-refractivity contribution < 1.29 is 9.90 Å². The molecule has 3 aromatic rings. The highest BCUT2D eigenvalue weighted by Crippen LogP contribution is 2.33. The summed E-state index contributed by atoms with van der Waals surface area (Å²) in [7, 11) is -0.322. The molecule has 120 valence electrons. The van der Waals surface area contributed by atoms with Crippen molar-refractivity contribution in [1.82, 2.24) is 0 Å². The van der Waals surface area contributed by atoms with Gasteiger partial charge in [-0.15, -0.1) is 0 Å². The summed E-state index contributed by atoms with van der Waals surface area (Å²) in [4.78, 5) is 14.2. The van der Waals surface area contributed by atoms with E-state index in [2.05, 4.69) is 6.26 Å². The maximum atomic E-state index is 13.2. The van der Waals surface area contributed by atoms with E-state index in [1.807, 2.05) is 72.8 Å². The van der Waals surface area contributed by atoms with Crippen LogP contribution in [0.25, 0.3) is 0 Å². The number of carbonyl (C=O) groups excluding carboxylic acids is 1. The highest BCUT2D eigenvalue weighted by molar-refractivity contribution is 7.97. The molecule has 0 spiro atoms. The van der Waals surface area contributed by atoms with E-state index in [-0.39, 0.29) is 27.7 Å². The number of carbonyl (C=O) groups is 1. The Hall–Kier alpha value is -2.52. The molecule has 3 rings (SSSR count). The third-order valence-corrected chi connectivity index (χ3v) is 6.17. The molecule has 0 aromatic heterocycles. The monoisotopic (exact) mass is 335 g/mol. The minimum atomic E-state index is -0.322. The zero-order chi connectivity index (χ0) is 16.9. The molecular weight excluding hydrogens is 316 g/mol. The van der Waals surface area contributed by atoms with Crippen molar-refractivity contribution in [3.05, 3.63) is 96.1 Å². The van der Waals surface area contributed by atoms with Gasteiger partial charge >= 0.3 is 0 Å². The van der Waals surface area contributed by atoms with Crippen LogP contribution in [0.3, 0.4) is 0 Å². The second-order valence-corrected chi connectivity index (χ2v) is 7.63. The van der Waals surface area contributed by atoms with Crippen LogP contribution in [-0.2, 0) is 10.9 Å². The van der Waals surface area contributed by atoms with Crippen LogP contribution in [0, 0.1) is 0 Å². The molecular formula is C21H19O2S+. The number of phenols is 1. The van der Waals surface area contributed by atoms with Gasteiger partial charge in [-0.3, -0.25) is 4.79 Å². The van der Waals surface area contributed by atoms with Crippen molar-refractivity contribution in [2.24, 2.45) is 0 Å². The second kappa shape index (κ2) is 7.37. The SMILES string of the molecule is C[S+](c1ccc(O)cc1)C(C(=O)c1ccccc1)c1ccccc1. The van der Waals surface area contributed by atoms with Gasteiger partial charge in [-0.2, -0.15) is 0 Å². The average molecular weight is 335 g/mol. The molecule has 1 N–H and O–H groups in total. The van der Waals surface area contributed by atoms with E-state index in [1.165, 1.54) is 0 Å². The first-order chi connectivity index (χ1) is 11.7. The summed E-state index contributed by atoms with van der Waals surface area (Å²) in [6, 6.07) is 26.5. The molecule has 0 heterocycles. The van der Waals surface area contributed by atoms with Crippen LogP contribution in [0.1, 0.15) is 21.2 Å². The molecule has 3 aromatic carbocycles. The van der Waals surface area contributed by atoms with E-state index in [1.54, 1.807) is 12.1 Å². The lowest BCUT2D eigenvalue weighted by Crippen LogP contribution is -2.22. The number of Topliss-reactive ketones (excluding diaryl/α,β-unsaturated/α-hetero) is 1. The molecule has 0 saturated heterocycles. The molecule has 3 heteroatoms. The molecule has 0 fully saturated rings. The lowest BCUT2D eigenvalue weighted by atomic mass is 10.0. The number of rotatable bonds is 5. The average Bonchev–Trinajstić information content (AvgIpc) is 2.64. The summed E-state index contributed by atoms with van der Waals surface area (Å²) < 4.78 is 0. The molecule has 2 atom stereocenters. The van der Waals surface area contributed by atoms with Gasteiger partial charge in [0.1, 0.15) is 12.0 Å². The Kier molecular flexibility index (Phi) is 5.02. The molecule has 24 heavy (non-hydrogen) atoms. The van der Waals surface area contributed by atoms with Gasteiger partial charge in [-0.05, 0) is 24.3 Å². The second-order valence-electron chi connectivity index (χ2n) is 5.57. The lowest BCUT2D eigenvalue weighted by molar-refractivity contribution is 0.0988. The first-order valence-electron chi connectivity index (χ1n) is 7.75. The van der Waals surface area contributed by atoms with E-state index in [0.717, 1.165) is 16.0 Å². The van der Waals surface area contributed by atoms with E-state index >= 15 is 0 Å². The Morgan fingerprint density at radius 2 is 1.38 bits per heavy atom. The Morgan fingerprint density at radius 3 is 1.96 bits per heavy atom. The minimum absolute atomic E-state index is 0.126. The van der Waals surface area contributed by atoms with Gasteiger partial charge in [0.15, 0.2) is 4.90 Å². The fraction of sp³-hybridized carbons (Fsp3) is 0.0952. The highest BCUT2D eigenvalue weighted by atomic mass is 32.2. The van der Waals surface area contributed by atoms with Crippen LogP contribution in [0.2, 0.25) is 0 Å². The fourth-order valence-corrected chi connectivity index (χ4v) is 4.55. The summed E-state index contributed by atoms with van der Waals surface area (Å²) in [6.45, 7) is 0. The standard InChI is InChI=1S/C21H18O2S/c1-24(19-14-12-18(22)13-15-19)21(17-10-6-3-7-11-17)20(23)16-8-4-2-5-9-16/h2-15,21H,1H3/p+1.